The summed E-state index contributed by atoms with van der Waals surface area (Å²) in [7, 11) is -1.31. The van der Waals surface area contributed by atoms with Gasteiger partial charge < -0.3 is 9.84 Å². The van der Waals surface area contributed by atoms with E-state index >= 15 is 0 Å². The standard InChI is InChI=1S/C12H14O4S/c13-12(14)8-17(15)7-9-5-6-16-11-4-2-1-3-10(9)11/h1-4,9H,5-8H2,(H,13,14). The third kappa shape index (κ3) is 3.06. The van der Waals surface area contributed by atoms with E-state index < -0.39 is 16.8 Å². The molecule has 0 bridgehead atoms. The molecule has 0 saturated carbocycles. The second-order valence-electron chi connectivity index (χ2n) is 4.02. The largest absolute Gasteiger partial charge is 0.493 e. The Morgan fingerprint density at radius 2 is 2.24 bits per heavy atom. The molecule has 0 aliphatic carbocycles. The molecule has 0 amide bonds. The van der Waals surface area contributed by atoms with Gasteiger partial charge in [-0.05, 0) is 18.1 Å². The molecule has 1 N–H and O–H groups in total. The zero-order chi connectivity index (χ0) is 12.3. The van der Waals surface area contributed by atoms with Crippen LogP contribution >= 0.6 is 0 Å². The van der Waals surface area contributed by atoms with Gasteiger partial charge in [0, 0.05) is 22.5 Å². The molecule has 0 radical (unpaired) electrons. The number of carboxylic acid groups (broad SMARTS) is 1. The Hall–Kier alpha value is -1.36. The molecule has 17 heavy (non-hydrogen) atoms. The number of hydrogen-bond acceptors (Lipinski definition) is 3. The van der Waals surface area contributed by atoms with Crippen molar-refractivity contribution in [3.05, 3.63) is 29.8 Å². The van der Waals surface area contributed by atoms with Crippen LogP contribution in [0.4, 0.5) is 0 Å². The highest BCUT2D eigenvalue weighted by Crippen LogP contribution is 2.33. The molecule has 5 heteroatoms. The molecule has 1 heterocycles. The van der Waals surface area contributed by atoms with Crippen molar-refractivity contribution in [2.45, 2.75) is 12.3 Å². The molecule has 1 aliphatic heterocycles. The molecule has 2 atom stereocenters. The summed E-state index contributed by atoms with van der Waals surface area (Å²) in [5.41, 5.74) is 1.04. The van der Waals surface area contributed by atoms with Crippen molar-refractivity contribution in [3.63, 3.8) is 0 Å². The van der Waals surface area contributed by atoms with E-state index in [1.54, 1.807) is 0 Å². The lowest BCUT2D eigenvalue weighted by atomic mass is 9.95. The highest BCUT2D eigenvalue weighted by Gasteiger charge is 2.23. The van der Waals surface area contributed by atoms with Crippen LogP contribution in [0.15, 0.2) is 24.3 Å². The van der Waals surface area contributed by atoms with Crippen molar-refractivity contribution < 1.29 is 18.8 Å². The normalized spacial score (nSPS) is 20.1. The predicted molar refractivity (Wildman–Crippen MR) is 64.8 cm³/mol. The Morgan fingerprint density at radius 3 is 3.00 bits per heavy atom. The van der Waals surface area contributed by atoms with Crippen LogP contribution in [-0.4, -0.2) is 33.4 Å². The summed E-state index contributed by atoms with van der Waals surface area (Å²) in [6.45, 7) is 0.603. The number of fused-ring (bicyclic) bond motifs is 1. The molecular weight excluding hydrogens is 240 g/mol. The Morgan fingerprint density at radius 1 is 1.47 bits per heavy atom. The number of carbonyl (C=O) groups is 1. The van der Waals surface area contributed by atoms with Crippen LogP contribution in [0.2, 0.25) is 0 Å². The molecule has 1 aromatic carbocycles. The Balaban J connectivity index is 2.08. The minimum atomic E-state index is -1.31. The smallest absolute Gasteiger partial charge is 0.316 e. The van der Waals surface area contributed by atoms with Gasteiger partial charge in [-0.1, -0.05) is 18.2 Å². The van der Waals surface area contributed by atoms with Gasteiger partial charge in [-0.15, -0.1) is 0 Å². The van der Waals surface area contributed by atoms with Crippen molar-refractivity contribution in [3.8, 4) is 5.75 Å². The Kier molecular flexibility index (Phi) is 3.78. The fourth-order valence-electron chi connectivity index (χ4n) is 2.01. The minimum absolute atomic E-state index is 0.139. The number of para-hydroxylation sites is 1. The molecule has 1 aromatic rings. The van der Waals surface area contributed by atoms with E-state index in [0.29, 0.717) is 12.4 Å². The lowest BCUT2D eigenvalue weighted by Crippen LogP contribution is -2.21. The predicted octanol–water partition coefficient (Wildman–Crippen LogP) is 1.39. The van der Waals surface area contributed by atoms with Gasteiger partial charge in [0.05, 0.1) is 6.61 Å². The van der Waals surface area contributed by atoms with Crippen LogP contribution in [0.3, 0.4) is 0 Å². The number of hydrogen-bond donors (Lipinski definition) is 1. The van der Waals surface area contributed by atoms with E-state index in [2.05, 4.69) is 0 Å². The summed E-state index contributed by atoms with van der Waals surface area (Å²) >= 11 is 0. The summed E-state index contributed by atoms with van der Waals surface area (Å²) in [6.07, 6.45) is 0.794. The van der Waals surface area contributed by atoms with Crippen LogP contribution in [-0.2, 0) is 15.6 Å². The van der Waals surface area contributed by atoms with Crippen LogP contribution < -0.4 is 4.74 Å². The fourth-order valence-corrected chi connectivity index (χ4v) is 3.20. The first-order chi connectivity index (χ1) is 8.16. The van der Waals surface area contributed by atoms with Gasteiger partial charge in [0.25, 0.3) is 0 Å². The first kappa shape index (κ1) is 12.1. The van der Waals surface area contributed by atoms with E-state index in [-0.39, 0.29) is 11.7 Å². The molecular formula is C12H14O4S. The summed E-state index contributed by atoms with van der Waals surface area (Å²) < 4.78 is 17.1. The average Bonchev–Trinajstić information content (AvgIpc) is 2.28. The van der Waals surface area contributed by atoms with Gasteiger partial charge in [0.2, 0.25) is 0 Å². The quantitative estimate of drug-likeness (QED) is 0.881. The molecule has 0 fully saturated rings. The first-order valence-corrected chi connectivity index (χ1v) is 6.94. The van der Waals surface area contributed by atoms with Crippen molar-refractivity contribution >= 4 is 16.8 Å². The zero-order valence-corrected chi connectivity index (χ0v) is 10.1. The first-order valence-electron chi connectivity index (χ1n) is 5.45. The van der Waals surface area contributed by atoms with Gasteiger partial charge in [0.15, 0.2) is 0 Å². The van der Waals surface area contributed by atoms with Crippen LogP contribution in [0, 0.1) is 0 Å². The average molecular weight is 254 g/mol. The van der Waals surface area contributed by atoms with E-state index in [0.717, 1.165) is 17.7 Å². The van der Waals surface area contributed by atoms with E-state index in [1.165, 1.54) is 0 Å². The van der Waals surface area contributed by atoms with Gasteiger partial charge >= 0.3 is 5.97 Å². The van der Waals surface area contributed by atoms with Crippen molar-refractivity contribution in [1.29, 1.82) is 0 Å². The lowest BCUT2D eigenvalue weighted by Gasteiger charge is -2.25. The molecule has 0 saturated heterocycles. The minimum Gasteiger partial charge on any atom is -0.493 e. The summed E-state index contributed by atoms with van der Waals surface area (Å²) in [4.78, 5) is 10.5. The van der Waals surface area contributed by atoms with Gasteiger partial charge in [-0.3, -0.25) is 9.00 Å². The molecule has 2 unspecified atom stereocenters. The van der Waals surface area contributed by atoms with Crippen molar-refractivity contribution in [2.75, 3.05) is 18.1 Å². The molecule has 0 spiro atoms. The Bertz CT molecular complexity index is 444. The highest BCUT2D eigenvalue weighted by molar-refractivity contribution is 7.85. The molecule has 92 valence electrons. The number of aliphatic carboxylic acids is 1. The molecule has 4 nitrogen and oxygen atoms in total. The number of carboxylic acids is 1. The van der Waals surface area contributed by atoms with Gasteiger partial charge in [0.1, 0.15) is 11.5 Å². The number of benzene rings is 1. The second kappa shape index (κ2) is 5.31. The maximum atomic E-state index is 11.6. The van der Waals surface area contributed by atoms with Crippen LogP contribution in [0.5, 0.6) is 5.75 Å². The number of ether oxygens (including phenoxy) is 1. The van der Waals surface area contributed by atoms with Gasteiger partial charge in [-0.25, -0.2) is 0 Å². The SMILES string of the molecule is O=C(O)CS(=O)CC1CCOc2ccccc21. The highest BCUT2D eigenvalue weighted by atomic mass is 32.2. The summed E-state index contributed by atoms with van der Waals surface area (Å²) in [5.74, 6) is 0.0755. The van der Waals surface area contributed by atoms with Crippen LogP contribution in [0.25, 0.3) is 0 Å². The molecule has 2 rings (SSSR count). The second-order valence-corrected chi connectivity index (χ2v) is 5.52. The van der Waals surface area contributed by atoms with Crippen LogP contribution in [0.1, 0.15) is 17.9 Å². The van der Waals surface area contributed by atoms with Crippen molar-refractivity contribution in [1.82, 2.24) is 0 Å². The third-order valence-electron chi connectivity index (χ3n) is 2.75. The number of rotatable bonds is 4. The molecule has 0 aromatic heterocycles. The maximum absolute atomic E-state index is 11.6. The maximum Gasteiger partial charge on any atom is 0.316 e. The topological polar surface area (TPSA) is 63.6 Å². The van der Waals surface area contributed by atoms with E-state index in [1.807, 2.05) is 24.3 Å². The van der Waals surface area contributed by atoms with Crippen molar-refractivity contribution in [2.24, 2.45) is 0 Å². The Labute approximate surface area is 102 Å². The van der Waals surface area contributed by atoms with E-state index in [9.17, 15) is 9.00 Å². The van der Waals surface area contributed by atoms with Gasteiger partial charge in [-0.2, -0.15) is 0 Å². The fraction of sp³-hybridized carbons (Fsp3) is 0.417. The summed E-state index contributed by atoms with van der Waals surface area (Å²) in [6, 6.07) is 7.66. The lowest BCUT2D eigenvalue weighted by molar-refractivity contribution is -0.133. The third-order valence-corrected chi connectivity index (χ3v) is 4.10. The molecule has 1 aliphatic rings. The van der Waals surface area contributed by atoms with E-state index in [4.69, 9.17) is 9.84 Å². The summed E-state index contributed by atoms with van der Waals surface area (Å²) in [5, 5.41) is 8.59. The zero-order valence-electron chi connectivity index (χ0n) is 9.30. The monoisotopic (exact) mass is 254 g/mol.